The Morgan fingerprint density at radius 2 is 1.97 bits per heavy atom. The number of carbonyl (C=O) groups is 2. The summed E-state index contributed by atoms with van der Waals surface area (Å²) in [6, 6.07) is 17.0. The maximum Gasteiger partial charge on any atom is 0.301 e. The Morgan fingerprint density at radius 1 is 1.13 bits per heavy atom. The molecule has 0 aliphatic carbocycles. The molecule has 39 heavy (non-hydrogen) atoms. The molecule has 1 aromatic heterocycles. The molecule has 3 aromatic carbocycles. The molecule has 0 unspecified atom stereocenters. The Hall–Kier alpha value is -4.37. The van der Waals surface area contributed by atoms with E-state index in [1.807, 2.05) is 38.1 Å². The third-order valence-electron chi connectivity index (χ3n) is 6.89. The van der Waals surface area contributed by atoms with Crippen LogP contribution in [-0.4, -0.2) is 41.6 Å². The van der Waals surface area contributed by atoms with Crippen molar-refractivity contribution < 1.29 is 28.9 Å². The Balaban J connectivity index is 1.52. The van der Waals surface area contributed by atoms with Crippen LogP contribution in [0.2, 0.25) is 0 Å². The van der Waals surface area contributed by atoms with Crippen molar-refractivity contribution in [2.75, 3.05) is 18.6 Å². The second-order valence-corrected chi connectivity index (χ2v) is 10.5. The molecule has 1 fully saturated rings. The Bertz CT molecular complexity index is 1660. The number of aliphatic hydroxyl groups is 1. The van der Waals surface area contributed by atoms with Gasteiger partial charge in [-0.05, 0) is 73.5 Å². The average molecular weight is 543 g/mol. The largest absolute Gasteiger partial charge is 0.507 e. The summed E-state index contributed by atoms with van der Waals surface area (Å²) in [4.78, 5) is 33.2. The van der Waals surface area contributed by atoms with Gasteiger partial charge in [0.2, 0.25) is 0 Å². The van der Waals surface area contributed by atoms with Crippen LogP contribution in [0.1, 0.15) is 36.6 Å². The van der Waals surface area contributed by atoms with E-state index in [9.17, 15) is 14.7 Å². The summed E-state index contributed by atoms with van der Waals surface area (Å²) in [5, 5.41) is 11.9. The second-order valence-electron chi connectivity index (χ2n) is 9.46. The molecule has 0 saturated carbocycles. The number of hydrogen-bond acceptors (Lipinski definition) is 8. The first-order valence-electron chi connectivity index (χ1n) is 12.7. The molecule has 3 heterocycles. The smallest absolute Gasteiger partial charge is 0.301 e. The van der Waals surface area contributed by atoms with E-state index in [-0.39, 0.29) is 17.4 Å². The predicted molar refractivity (Wildman–Crippen MR) is 149 cm³/mol. The van der Waals surface area contributed by atoms with Crippen molar-refractivity contribution in [3.63, 3.8) is 0 Å². The molecule has 4 aromatic rings. The standard InChI is InChI=1S/C30H26N2O6S/c1-4-37-21-9-10-22-24(15-21)39-30(31-22)32-26(17-6-5-7-20(14-17)36-3)25(28(34)29(32)35)27(33)18-8-11-23-19(13-18)12-16(2)38-23/h5-11,13-16,26,33H,4,12H2,1-3H3/t16-,26-/m0/s1. The third-order valence-corrected chi connectivity index (χ3v) is 7.91. The number of amides is 1. The minimum absolute atomic E-state index is 0.00516. The predicted octanol–water partition coefficient (Wildman–Crippen LogP) is 5.65. The van der Waals surface area contributed by atoms with Crippen molar-refractivity contribution in [1.82, 2.24) is 4.98 Å². The zero-order valence-electron chi connectivity index (χ0n) is 21.6. The molecule has 1 amide bonds. The molecule has 0 bridgehead atoms. The molecule has 2 aliphatic rings. The van der Waals surface area contributed by atoms with Gasteiger partial charge in [-0.1, -0.05) is 23.5 Å². The number of rotatable bonds is 6. The highest BCUT2D eigenvalue weighted by atomic mass is 32.1. The first kappa shape index (κ1) is 24.9. The Kier molecular flexibility index (Phi) is 6.23. The van der Waals surface area contributed by atoms with Gasteiger partial charge in [0.05, 0.1) is 35.5 Å². The molecule has 6 rings (SSSR count). The summed E-state index contributed by atoms with van der Waals surface area (Å²) in [5.41, 5.74) is 2.67. The molecule has 198 valence electrons. The van der Waals surface area contributed by atoms with Gasteiger partial charge < -0.3 is 19.3 Å². The van der Waals surface area contributed by atoms with E-state index in [2.05, 4.69) is 4.98 Å². The summed E-state index contributed by atoms with van der Waals surface area (Å²) in [7, 11) is 1.55. The Morgan fingerprint density at radius 3 is 2.77 bits per heavy atom. The zero-order valence-corrected chi connectivity index (χ0v) is 22.5. The molecule has 1 saturated heterocycles. The lowest BCUT2D eigenvalue weighted by atomic mass is 9.94. The zero-order chi connectivity index (χ0) is 27.3. The maximum atomic E-state index is 13.6. The fourth-order valence-corrected chi connectivity index (χ4v) is 6.15. The lowest BCUT2D eigenvalue weighted by molar-refractivity contribution is -0.132. The van der Waals surface area contributed by atoms with Gasteiger partial charge in [-0.25, -0.2) is 4.98 Å². The quantitative estimate of drug-likeness (QED) is 0.191. The van der Waals surface area contributed by atoms with Gasteiger partial charge in [0.1, 0.15) is 29.1 Å². The van der Waals surface area contributed by atoms with Crippen molar-refractivity contribution in [3.8, 4) is 17.2 Å². The van der Waals surface area contributed by atoms with Crippen molar-refractivity contribution in [2.45, 2.75) is 32.4 Å². The normalized spacial score (nSPS) is 19.8. The summed E-state index contributed by atoms with van der Waals surface area (Å²) in [5.74, 6) is 0.232. The number of carbonyl (C=O) groups excluding carboxylic acids is 2. The second kappa shape index (κ2) is 9.74. The van der Waals surface area contributed by atoms with E-state index >= 15 is 0 Å². The van der Waals surface area contributed by atoms with E-state index in [1.54, 1.807) is 43.5 Å². The number of benzene rings is 3. The number of thiazole rings is 1. The molecule has 2 atom stereocenters. The van der Waals surface area contributed by atoms with E-state index in [1.165, 1.54) is 16.2 Å². The molecule has 2 aliphatic heterocycles. The Labute approximate surface area is 229 Å². The number of aromatic nitrogens is 1. The summed E-state index contributed by atoms with van der Waals surface area (Å²) >= 11 is 1.28. The van der Waals surface area contributed by atoms with E-state index in [0.29, 0.717) is 46.3 Å². The fraction of sp³-hybridized carbons (Fsp3) is 0.233. The van der Waals surface area contributed by atoms with Crippen LogP contribution in [0.15, 0.2) is 66.2 Å². The lowest BCUT2D eigenvalue weighted by Crippen LogP contribution is -2.29. The number of ether oxygens (including phenoxy) is 3. The van der Waals surface area contributed by atoms with E-state index < -0.39 is 17.7 Å². The van der Waals surface area contributed by atoms with Gasteiger partial charge in [0.15, 0.2) is 5.13 Å². The first-order valence-corrected chi connectivity index (χ1v) is 13.5. The minimum atomic E-state index is -0.907. The number of fused-ring (bicyclic) bond motifs is 2. The fourth-order valence-electron chi connectivity index (χ4n) is 5.13. The van der Waals surface area contributed by atoms with Crippen LogP contribution in [0, 0.1) is 0 Å². The molecule has 9 heteroatoms. The van der Waals surface area contributed by atoms with Crippen LogP contribution >= 0.6 is 11.3 Å². The van der Waals surface area contributed by atoms with Gasteiger partial charge in [0.25, 0.3) is 5.78 Å². The van der Waals surface area contributed by atoms with Crippen LogP contribution in [0.4, 0.5) is 5.13 Å². The monoisotopic (exact) mass is 542 g/mol. The number of Topliss-reactive ketones (excluding diaryl/α,β-unsaturated/α-hetero) is 1. The van der Waals surface area contributed by atoms with Crippen molar-refractivity contribution in [2.24, 2.45) is 0 Å². The molecule has 8 nitrogen and oxygen atoms in total. The van der Waals surface area contributed by atoms with Crippen molar-refractivity contribution in [1.29, 1.82) is 0 Å². The first-order chi connectivity index (χ1) is 18.9. The highest BCUT2D eigenvalue weighted by Gasteiger charge is 2.48. The SMILES string of the molecule is CCOc1ccc2nc(N3C(=O)C(=O)C(=C(O)c4ccc5c(c4)C[C@H](C)O5)[C@@H]3c3cccc(OC)c3)sc2c1. The van der Waals surface area contributed by atoms with Crippen LogP contribution in [-0.2, 0) is 16.0 Å². The van der Waals surface area contributed by atoms with Crippen molar-refractivity contribution >= 4 is 44.1 Å². The van der Waals surface area contributed by atoms with Gasteiger partial charge in [-0.15, -0.1) is 0 Å². The average Bonchev–Trinajstić information content (AvgIpc) is 3.60. The van der Waals surface area contributed by atoms with Crippen LogP contribution < -0.4 is 19.1 Å². The van der Waals surface area contributed by atoms with Gasteiger partial charge in [0, 0.05) is 12.0 Å². The minimum Gasteiger partial charge on any atom is -0.507 e. The summed E-state index contributed by atoms with van der Waals surface area (Å²) < 4.78 is 17.7. The van der Waals surface area contributed by atoms with Crippen LogP contribution in [0.5, 0.6) is 17.2 Å². The maximum absolute atomic E-state index is 13.6. The lowest BCUT2D eigenvalue weighted by Gasteiger charge is -2.23. The number of methoxy groups -OCH3 is 1. The molecular formula is C30H26N2O6S. The molecule has 1 N–H and O–H groups in total. The van der Waals surface area contributed by atoms with Crippen LogP contribution in [0.3, 0.4) is 0 Å². The summed E-state index contributed by atoms with van der Waals surface area (Å²) in [6.07, 6.45) is 0.724. The number of aliphatic hydroxyl groups excluding tert-OH is 1. The number of ketones is 1. The highest BCUT2D eigenvalue weighted by molar-refractivity contribution is 7.22. The van der Waals surface area contributed by atoms with Crippen LogP contribution in [0.25, 0.3) is 16.0 Å². The van der Waals surface area contributed by atoms with Gasteiger partial charge >= 0.3 is 5.91 Å². The van der Waals surface area contributed by atoms with Gasteiger partial charge in [-0.3, -0.25) is 14.5 Å². The number of hydrogen-bond donors (Lipinski definition) is 1. The molecular weight excluding hydrogens is 516 g/mol. The van der Waals surface area contributed by atoms with E-state index in [4.69, 9.17) is 14.2 Å². The molecule has 0 radical (unpaired) electrons. The highest BCUT2D eigenvalue weighted by Crippen LogP contribution is 2.45. The van der Waals surface area contributed by atoms with Gasteiger partial charge in [-0.2, -0.15) is 0 Å². The van der Waals surface area contributed by atoms with Crippen molar-refractivity contribution in [3.05, 3.63) is 82.9 Å². The van der Waals surface area contributed by atoms with E-state index in [0.717, 1.165) is 16.0 Å². The summed E-state index contributed by atoms with van der Waals surface area (Å²) in [6.45, 7) is 4.41. The third kappa shape index (κ3) is 4.28. The number of nitrogens with zero attached hydrogens (tertiary/aromatic N) is 2. The topological polar surface area (TPSA) is 98.2 Å². The number of anilines is 1. The molecule has 0 spiro atoms.